The van der Waals surface area contributed by atoms with Crippen molar-refractivity contribution in [3.8, 4) is 0 Å². The van der Waals surface area contributed by atoms with E-state index >= 15 is 0 Å². The van der Waals surface area contributed by atoms with Gasteiger partial charge in [-0.25, -0.2) is 0 Å². The van der Waals surface area contributed by atoms with Crippen molar-refractivity contribution in [1.82, 2.24) is 0 Å². The Labute approximate surface area is 114 Å². The molecule has 0 N–H and O–H groups in total. The van der Waals surface area contributed by atoms with E-state index in [9.17, 15) is 0 Å². The fourth-order valence-corrected chi connectivity index (χ4v) is 0. The first-order valence-electron chi connectivity index (χ1n) is 0. The van der Waals surface area contributed by atoms with Gasteiger partial charge in [0.1, 0.15) is 0 Å². The predicted molar refractivity (Wildman–Crippen MR) is 23.0 cm³/mol. The summed E-state index contributed by atoms with van der Waals surface area (Å²) in [6.07, 6.45) is 0. The molecule has 0 nitrogen and oxygen atoms in total. The van der Waals surface area contributed by atoms with Crippen molar-refractivity contribution in [3.63, 3.8) is 0 Å². The van der Waals surface area contributed by atoms with Crippen LogP contribution in [0.15, 0.2) is 0 Å². The molecule has 0 heterocycles. The van der Waals surface area contributed by atoms with E-state index in [-0.39, 0.29) is 117 Å². The van der Waals surface area contributed by atoms with E-state index in [1.54, 1.807) is 0 Å². The number of hydrogen-bond donors (Lipinski definition) is 0. The molecule has 0 aliphatic heterocycles. The third-order valence-electron chi connectivity index (χ3n) is 0. The van der Waals surface area contributed by atoms with Crippen LogP contribution < -0.4 is 0 Å². The van der Waals surface area contributed by atoms with Gasteiger partial charge in [-0.3, -0.25) is 0 Å². The molecule has 0 saturated heterocycles. The molecule has 0 spiro atoms. The normalized spacial score (nSPS) is 0. The SMILES string of the molecule is [Sn].[Sn].[Sn].[Sr]. The molecule has 0 fully saturated rings. The molecule has 0 aromatic heterocycles. The van der Waals surface area contributed by atoms with Crippen molar-refractivity contribution in [2.75, 3.05) is 0 Å². The Hall–Kier alpha value is 3.88. The van der Waals surface area contributed by atoms with Crippen LogP contribution in [0.4, 0.5) is 0 Å². The van der Waals surface area contributed by atoms with Gasteiger partial charge >= 0.3 is 0 Å². The molecule has 0 rings (SSSR count). The Bertz CT molecular complexity index is 3.25. The molecular formula is Sn3Sr. The van der Waals surface area contributed by atoms with E-state index in [1.807, 2.05) is 0 Å². The zero-order chi connectivity index (χ0) is 0. The minimum atomic E-state index is 0. The molecule has 0 aliphatic rings. The Kier molecular flexibility index (Phi) is 97.9. The van der Waals surface area contributed by atoms with Crippen LogP contribution in [0, 0.1) is 0 Å². The summed E-state index contributed by atoms with van der Waals surface area (Å²) in [4.78, 5) is 0. The van der Waals surface area contributed by atoms with Crippen LogP contribution in [0.1, 0.15) is 0 Å². The molecular weight excluding hydrogens is 444 g/mol. The molecule has 0 aromatic rings. The molecule has 14 valence electrons. The van der Waals surface area contributed by atoms with Crippen LogP contribution in [0.25, 0.3) is 0 Å². The molecule has 14 radical (unpaired) electrons. The molecule has 0 aromatic carbocycles. The van der Waals surface area contributed by atoms with Crippen LogP contribution in [-0.4, -0.2) is 117 Å². The van der Waals surface area contributed by atoms with Gasteiger partial charge in [-0.05, 0) is 0 Å². The first-order chi connectivity index (χ1) is 0. The van der Waals surface area contributed by atoms with Gasteiger partial charge < -0.3 is 0 Å². The monoisotopic (exact) mass is 448 g/mol. The summed E-state index contributed by atoms with van der Waals surface area (Å²) in [6.45, 7) is 0. The smallest absolute Gasteiger partial charge is 0 e. The summed E-state index contributed by atoms with van der Waals surface area (Å²) in [7, 11) is 0. The summed E-state index contributed by atoms with van der Waals surface area (Å²) in [5, 5.41) is 0. The second-order valence-electron chi connectivity index (χ2n) is 0. The zero-order valence-corrected chi connectivity index (χ0v) is 14.2. The van der Waals surface area contributed by atoms with E-state index < -0.39 is 0 Å². The molecule has 0 bridgehead atoms. The minimum absolute atomic E-state index is 0. The van der Waals surface area contributed by atoms with Crippen molar-refractivity contribution >= 4 is 117 Å². The second-order valence-corrected chi connectivity index (χ2v) is 0. The fourth-order valence-electron chi connectivity index (χ4n) is 0. The topological polar surface area (TPSA) is 0 Å². The third kappa shape index (κ3) is 9.30. The average Bonchev–Trinajstić information content (AvgIpc) is 0. The van der Waals surface area contributed by atoms with Gasteiger partial charge in [0.15, 0.2) is 0 Å². The summed E-state index contributed by atoms with van der Waals surface area (Å²) >= 11 is 0. The van der Waals surface area contributed by atoms with Gasteiger partial charge in [-0.1, -0.05) is 0 Å². The standard InChI is InChI=1S/3Sn.Sr. The van der Waals surface area contributed by atoms with Crippen molar-refractivity contribution < 1.29 is 0 Å². The minimum Gasteiger partial charge on any atom is 0 e. The quantitative estimate of drug-likeness (QED) is 0.399. The Morgan fingerprint density at radius 1 is 0.500 bits per heavy atom. The fraction of sp³-hybridized carbons (Fsp3) is 0. The van der Waals surface area contributed by atoms with Gasteiger partial charge in [0.05, 0.1) is 0 Å². The molecule has 0 amide bonds. The molecule has 4 heteroatoms. The summed E-state index contributed by atoms with van der Waals surface area (Å²) in [5.74, 6) is 0. The maximum absolute atomic E-state index is 0. The average molecular weight is 444 g/mol. The summed E-state index contributed by atoms with van der Waals surface area (Å²) in [6, 6.07) is 0. The van der Waals surface area contributed by atoms with Crippen molar-refractivity contribution in [2.24, 2.45) is 0 Å². The number of hydrogen-bond acceptors (Lipinski definition) is 0. The molecule has 0 saturated carbocycles. The largest absolute Gasteiger partial charge is 0 e. The number of rotatable bonds is 0. The van der Waals surface area contributed by atoms with Crippen LogP contribution in [-0.2, 0) is 0 Å². The summed E-state index contributed by atoms with van der Waals surface area (Å²) in [5.41, 5.74) is 0. The van der Waals surface area contributed by atoms with Crippen LogP contribution >= 0.6 is 0 Å². The Morgan fingerprint density at radius 3 is 0.500 bits per heavy atom. The molecule has 0 aliphatic carbocycles. The molecule has 0 unspecified atom stereocenters. The van der Waals surface area contributed by atoms with Crippen molar-refractivity contribution in [2.45, 2.75) is 0 Å². The van der Waals surface area contributed by atoms with Crippen LogP contribution in [0.2, 0.25) is 0 Å². The van der Waals surface area contributed by atoms with Crippen molar-refractivity contribution in [1.29, 1.82) is 0 Å². The van der Waals surface area contributed by atoms with Gasteiger partial charge in [0.2, 0.25) is 0 Å². The van der Waals surface area contributed by atoms with Crippen LogP contribution in [0.3, 0.4) is 0 Å². The van der Waals surface area contributed by atoms with Crippen molar-refractivity contribution in [3.05, 3.63) is 0 Å². The van der Waals surface area contributed by atoms with Gasteiger partial charge in [-0.2, -0.15) is 0 Å². The van der Waals surface area contributed by atoms with Gasteiger partial charge in [-0.15, -0.1) is 0 Å². The van der Waals surface area contributed by atoms with Gasteiger partial charge in [0, 0.05) is 117 Å². The van der Waals surface area contributed by atoms with E-state index in [0.29, 0.717) is 0 Å². The van der Waals surface area contributed by atoms with E-state index in [0.717, 1.165) is 0 Å². The molecule has 4 heavy (non-hydrogen) atoms. The first-order valence-corrected chi connectivity index (χ1v) is 0. The van der Waals surface area contributed by atoms with Crippen LogP contribution in [0.5, 0.6) is 0 Å². The third-order valence-corrected chi connectivity index (χ3v) is 0. The summed E-state index contributed by atoms with van der Waals surface area (Å²) < 4.78 is 0. The first kappa shape index (κ1) is 24.8. The Balaban J connectivity index is 0. The molecule has 0 atom stereocenters. The van der Waals surface area contributed by atoms with Gasteiger partial charge in [0.25, 0.3) is 0 Å². The maximum atomic E-state index is 0. The van der Waals surface area contributed by atoms with E-state index in [4.69, 9.17) is 0 Å². The van der Waals surface area contributed by atoms with E-state index in [1.165, 1.54) is 0 Å². The second kappa shape index (κ2) is 15.8. The predicted octanol–water partition coefficient (Wildman–Crippen LogP) is -1.52. The Morgan fingerprint density at radius 2 is 0.500 bits per heavy atom. The zero-order valence-electron chi connectivity index (χ0n) is 2.21. The van der Waals surface area contributed by atoms with E-state index in [2.05, 4.69) is 0 Å². The maximum Gasteiger partial charge on any atom is 0 e.